The molecule has 1 aromatic heterocycles. The van der Waals surface area contributed by atoms with E-state index in [-0.39, 0.29) is 5.75 Å². The van der Waals surface area contributed by atoms with Crippen LogP contribution in [0.5, 0.6) is 0 Å². The summed E-state index contributed by atoms with van der Waals surface area (Å²) in [5.74, 6) is 0.0430. The van der Waals surface area contributed by atoms with Gasteiger partial charge in [-0.15, -0.1) is 0 Å². The summed E-state index contributed by atoms with van der Waals surface area (Å²) < 4.78 is 24.4. The molecule has 0 atom stereocenters. The number of nitrogens with zero attached hydrogens (tertiary/aromatic N) is 2. The summed E-state index contributed by atoms with van der Waals surface area (Å²) in [7, 11) is -3.02. The summed E-state index contributed by atoms with van der Waals surface area (Å²) in [6.45, 7) is 0. The highest BCUT2D eigenvalue weighted by Crippen LogP contribution is 2.16. The third-order valence-electron chi connectivity index (χ3n) is 2.19. The molecular formula is C11H12N2O2S. The predicted octanol–water partition coefficient (Wildman–Crippen LogP) is 1.42. The monoisotopic (exact) mass is 236 g/mol. The Morgan fingerprint density at radius 1 is 1.31 bits per heavy atom. The van der Waals surface area contributed by atoms with Crippen molar-refractivity contribution in [3.8, 4) is 5.69 Å². The smallest absolute Gasteiger partial charge is 0.151 e. The van der Waals surface area contributed by atoms with Gasteiger partial charge in [0.15, 0.2) is 9.84 Å². The van der Waals surface area contributed by atoms with E-state index in [0.717, 1.165) is 11.3 Å². The van der Waals surface area contributed by atoms with Gasteiger partial charge in [-0.25, -0.2) is 13.4 Å². The largest absolute Gasteiger partial charge is 0.306 e. The minimum absolute atomic E-state index is 0.0430. The number of hydrogen-bond acceptors (Lipinski definition) is 3. The SMILES string of the molecule is CS(=O)(=O)Cc1ccccc1-n1ccnc1. The van der Waals surface area contributed by atoms with Crippen molar-refractivity contribution in [2.45, 2.75) is 5.75 Å². The molecule has 0 radical (unpaired) electrons. The van der Waals surface area contributed by atoms with E-state index in [1.165, 1.54) is 6.26 Å². The second-order valence-corrected chi connectivity index (χ2v) is 5.81. The maximum absolute atomic E-state index is 11.3. The van der Waals surface area contributed by atoms with Gasteiger partial charge in [0.05, 0.1) is 17.8 Å². The molecule has 0 spiro atoms. The van der Waals surface area contributed by atoms with E-state index in [0.29, 0.717) is 0 Å². The molecule has 0 saturated heterocycles. The lowest BCUT2D eigenvalue weighted by atomic mass is 10.2. The number of sulfone groups is 1. The lowest BCUT2D eigenvalue weighted by molar-refractivity contribution is 0.601. The molecule has 0 aliphatic carbocycles. The molecule has 16 heavy (non-hydrogen) atoms. The van der Waals surface area contributed by atoms with Crippen molar-refractivity contribution in [3.05, 3.63) is 48.5 Å². The number of imidazole rings is 1. The summed E-state index contributed by atoms with van der Waals surface area (Å²) in [6, 6.07) is 7.40. The molecule has 0 amide bonds. The van der Waals surface area contributed by atoms with Gasteiger partial charge in [-0.2, -0.15) is 0 Å². The Morgan fingerprint density at radius 3 is 2.69 bits per heavy atom. The zero-order valence-electron chi connectivity index (χ0n) is 8.87. The lowest BCUT2D eigenvalue weighted by Crippen LogP contribution is -2.04. The van der Waals surface area contributed by atoms with Crippen LogP contribution in [-0.2, 0) is 15.6 Å². The van der Waals surface area contributed by atoms with E-state index in [9.17, 15) is 8.42 Å². The quantitative estimate of drug-likeness (QED) is 0.809. The molecule has 4 nitrogen and oxygen atoms in total. The van der Waals surface area contributed by atoms with Crippen LogP contribution >= 0.6 is 0 Å². The van der Waals surface area contributed by atoms with Gasteiger partial charge < -0.3 is 4.57 Å². The Kier molecular flexibility index (Phi) is 2.78. The van der Waals surface area contributed by atoms with Crippen LogP contribution in [0.1, 0.15) is 5.56 Å². The first-order valence-electron chi connectivity index (χ1n) is 4.80. The second kappa shape index (κ2) is 4.09. The van der Waals surface area contributed by atoms with Crippen LogP contribution in [0.15, 0.2) is 43.0 Å². The first-order chi connectivity index (χ1) is 7.56. The van der Waals surface area contributed by atoms with Crippen molar-refractivity contribution in [1.29, 1.82) is 0 Å². The molecule has 1 heterocycles. The summed E-state index contributed by atoms with van der Waals surface area (Å²) >= 11 is 0. The van der Waals surface area contributed by atoms with Gasteiger partial charge in [0.1, 0.15) is 0 Å². The molecule has 2 aromatic rings. The molecule has 2 rings (SSSR count). The number of benzene rings is 1. The average molecular weight is 236 g/mol. The van der Waals surface area contributed by atoms with Crippen molar-refractivity contribution in [1.82, 2.24) is 9.55 Å². The molecule has 0 unspecified atom stereocenters. The van der Waals surface area contributed by atoms with Gasteiger partial charge in [0.25, 0.3) is 0 Å². The maximum Gasteiger partial charge on any atom is 0.151 e. The summed E-state index contributed by atoms with van der Waals surface area (Å²) in [5.41, 5.74) is 1.63. The fourth-order valence-electron chi connectivity index (χ4n) is 1.57. The first-order valence-corrected chi connectivity index (χ1v) is 6.86. The number of para-hydroxylation sites is 1. The fraction of sp³-hybridized carbons (Fsp3) is 0.182. The Hall–Kier alpha value is -1.62. The molecule has 0 aliphatic heterocycles. The minimum atomic E-state index is -3.02. The molecule has 0 saturated carbocycles. The Balaban J connectivity index is 2.47. The Morgan fingerprint density at radius 2 is 2.06 bits per heavy atom. The van der Waals surface area contributed by atoms with Gasteiger partial charge in [0.2, 0.25) is 0 Å². The summed E-state index contributed by atoms with van der Waals surface area (Å²) in [6.07, 6.45) is 6.34. The van der Waals surface area contributed by atoms with Gasteiger partial charge in [-0.3, -0.25) is 0 Å². The van der Waals surface area contributed by atoms with Gasteiger partial charge in [-0.1, -0.05) is 18.2 Å². The first kappa shape index (κ1) is 10.9. The molecular weight excluding hydrogens is 224 g/mol. The van der Waals surface area contributed by atoms with Crippen LogP contribution in [0.2, 0.25) is 0 Å². The molecule has 0 bridgehead atoms. The summed E-state index contributed by atoms with van der Waals surface area (Å²) in [5, 5.41) is 0. The number of aromatic nitrogens is 2. The van der Waals surface area contributed by atoms with Crippen molar-refractivity contribution in [2.75, 3.05) is 6.26 Å². The maximum atomic E-state index is 11.3. The molecule has 0 fully saturated rings. The van der Waals surface area contributed by atoms with Crippen LogP contribution in [0.25, 0.3) is 5.69 Å². The Labute approximate surface area is 94.5 Å². The van der Waals surface area contributed by atoms with Gasteiger partial charge in [-0.05, 0) is 11.6 Å². The second-order valence-electron chi connectivity index (χ2n) is 3.67. The zero-order chi connectivity index (χ0) is 11.6. The Bertz CT molecular complexity index is 574. The lowest BCUT2D eigenvalue weighted by Gasteiger charge is -2.08. The molecule has 1 aromatic carbocycles. The molecule has 84 valence electrons. The normalized spacial score (nSPS) is 11.6. The third-order valence-corrected chi connectivity index (χ3v) is 3.03. The zero-order valence-corrected chi connectivity index (χ0v) is 9.68. The van der Waals surface area contributed by atoms with Gasteiger partial charge >= 0.3 is 0 Å². The minimum Gasteiger partial charge on any atom is -0.306 e. The van der Waals surface area contributed by atoms with E-state index in [4.69, 9.17) is 0 Å². The van der Waals surface area contributed by atoms with Crippen molar-refractivity contribution < 1.29 is 8.42 Å². The molecule has 0 N–H and O–H groups in total. The van der Waals surface area contributed by atoms with Crippen LogP contribution in [0, 0.1) is 0 Å². The van der Waals surface area contributed by atoms with Crippen LogP contribution in [-0.4, -0.2) is 24.2 Å². The third kappa shape index (κ3) is 2.49. The average Bonchev–Trinajstić information content (AvgIpc) is 2.69. The standard InChI is InChI=1S/C11H12N2O2S/c1-16(14,15)8-10-4-2-3-5-11(10)13-7-6-12-9-13/h2-7,9H,8H2,1H3. The van der Waals surface area contributed by atoms with E-state index in [1.807, 2.05) is 24.3 Å². The molecule has 5 heteroatoms. The fourth-order valence-corrected chi connectivity index (χ4v) is 2.38. The van der Waals surface area contributed by atoms with E-state index < -0.39 is 9.84 Å². The van der Waals surface area contributed by atoms with Crippen LogP contribution < -0.4 is 0 Å². The topological polar surface area (TPSA) is 52.0 Å². The highest BCUT2D eigenvalue weighted by Gasteiger charge is 2.09. The van der Waals surface area contributed by atoms with Gasteiger partial charge in [0, 0.05) is 18.6 Å². The number of rotatable bonds is 3. The van der Waals surface area contributed by atoms with Crippen LogP contribution in [0.4, 0.5) is 0 Å². The van der Waals surface area contributed by atoms with Crippen molar-refractivity contribution >= 4 is 9.84 Å². The predicted molar refractivity (Wildman–Crippen MR) is 62.1 cm³/mol. The summed E-state index contributed by atoms with van der Waals surface area (Å²) in [4.78, 5) is 3.95. The molecule has 0 aliphatic rings. The van der Waals surface area contributed by atoms with E-state index in [1.54, 1.807) is 23.3 Å². The van der Waals surface area contributed by atoms with E-state index >= 15 is 0 Å². The van der Waals surface area contributed by atoms with Crippen LogP contribution in [0.3, 0.4) is 0 Å². The highest BCUT2D eigenvalue weighted by atomic mass is 32.2. The highest BCUT2D eigenvalue weighted by molar-refractivity contribution is 7.89. The van der Waals surface area contributed by atoms with E-state index in [2.05, 4.69) is 4.98 Å². The van der Waals surface area contributed by atoms with Crippen molar-refractivity contribution in [3.63, 3.8) is 0 Å². The number of hydrogen-bond donors (Lipinski definition) is 0. The van der Waals surface area contributed by atoms with Crippen molar-refractivity contribution in [2.24, 2.45) is 0 Å².